The summed E-state index contributed by atoms with van der Waals surface area (Å²) in [4.78, 5) is 22.0. The van der Waals surface area contributed by atoms with Crippen LogP contribution in [0.15, 0.2) is 18.2 Å². The van der Waals surface area contributed by atoms with Crippen molar-refractivity contribution in [1.29, 1.82) is 0 Å². The summed E-state index contributed by atoms with van der Waals surface area (Å²) in [5.41, 5.74) is 5.51. The van der Waals surface area contributed by atoms with Gasteiger partial charge in [-0.2, -0.15) is 0 Å². The van der Waals surface area contributed by atoms with E-state index in [1.165, 1.54) is 6.92 Å². The minimum absolute atomic E-state index is 0.000380. The maximum absolute atomic E-state index is 11.5. The molecule has 0 bridgehead atoms. The second kappa shape index (κ2) is 6.47. The van der Waals surface area contributed by atoms with Gasteiger partial charge in [-0.05, 0) is 19.1 Å². The normalized spacial score (nSPS) is 11.7. The lowest BCUT2D eigenvalue weighted by atomic mass is 10.2. The number of esters is 1. The fraction of sp³-hybridized carbons (Fsp3) is 0.273. The van der Waals surface area contributed by atoms with Gasteiger partial charge in [0.1, 0.15) is 12.6 Å². The summed E-state index contributed by atoms with van der Waals surface area (Å²) in [5.74, 6) is -0.597. The lowest BCUT2D eigenvalue weighted by Gasteiger charge is -2.12. The fourth-order valence-corrected chi connectivity index (χ4v) is 1.65. The number of carbonyl (C=O) groups is 2. The van der Waals surface area contributed by atoms with E-state index in [2.05, 4.69) is 5.32 Å². The molecular formula is C11H12Cl2N2O3. The van der Waals surface area contributed by atoms with Crippen molar-refractivity contribution in [2.45, 2.75) is 19.6 Å². The number of primary amides is 1. The Kier molecular flexibility index (Phi) is 5.25. The molecule has 0 spiro atoms. The molecule has 1 aromatic rings. The zero-order chi connectivity index (χ0) is 13.7. The molecule has 1 aromatic carbocycles. The lowest BCUT2D eigenvalue weighted by Crippen LogP contribution is -2.42. The first-order chi connectivity index (χ1) is 8.40. The summed E-state index contributed by atoms with van der Waals surface area (Å²) in [6.07, 6.45) is 0. The molecule has 0 heterocycles. The van der Waals surface area contributed by atoms with Gasteiger partial charge in [0.15, 0.2) is 0 Å². The zero-order valence-electron chi connectivity index (χ0n) is 9.57. The monoisotopic (exact) mass is 290 g/mol. The largest absolute Gasteiger partial charge is 0.459 e. The first-order valence-electron chi connectivity index (χ1n) is 5.06. The quantitative estimate of drug-likeness (QED) is 0.833. The van der Waals surface area contributed by atoms with Crippen molar-refractivity contribution in [3.8, 4) is 0 Å². The van der Waals surface area contributed by atoms with Crippen molar-refractivity contribution in [1.82, 2.24) is 5.32 Å². The predicted octanol–water partition coefficient (Wildman–Crippen LogP) is 2.09. The Morgan fingerprint density at radius 1 is 1.44 bits per heavy atom. The van der Waals surface area contributed by atoms with Crippen molar-refractivity contribution < 1.29 is 14.3 Å². The van der Waals surface area contributed by atoms with Crippen molar-refractivity contribution >= 4 is 35.2 Å². The summed E-state index contributed by atoms with van der Waals surface area (Å²) >= 11 is 11.6. The molecule has 98 valence electrons. The molecule has 0 unspecified atom stereocenters. The SMILES string of the molecule is C[C@@H](NC(N)=O)C(=O)OCc1ccc(Cl)cc1Cl. The topological polar surface area (TPSA) is 81.4 Å². The van der Waals surface area contributed by atoms with E-state index in [1.54, 1.807) is 18.2 Å². The number of halogens is 2. The Hall–Kier alpha value is -1.46. The number of carbonyl (C=O) groups excluding carboxylic acids is 2. The van der Waals surface area contributed by atoms with Crippen LogP contribution in [-0.4, -0.2) is 18.0 Å². The zero-order valence-corrected chi connectivity index (χ0v) is 11.1. The molecule has 0 saturated carbocycles. The van der Waals surface area contributed by atoms with Crippen LogP contribution in [0.5, 0.6) is 0 Å². The Labute approximate surface area is 114 Å². The third kappa shape index (κ3) is 4.43. The van der Waals surface area contributed by atoms with E-state index in [-0.39, 0.29) is 6.61 Å². The van der Waals surface area contributed by atoms with Crippen LogP contribution in [-0.2, 0) is 16.1 Å². The van der Waals surface area contributed by atoms with Gasteiger partial charge in [0.25, 0.3) is 0 Å². The summed E-state index contributed by atoms with van der Waals surface area (Å²) in [6.45, 7) is 1.47. The maximum atomic E-state index is 11.5. The molecule has 0 fully saturated rings. The van der Waals surface area contributed by atoms with Gasteiger partial charge in [-0.25, -0.2) is 9.59 Å². The van der Waals surface area contributed by atoms with Gasteiger partial charge in [0, 0.05) is 15.6 Å². The van der Waals surface area contributed by atoms with Crippen LogP contribution in [0.25, 0.3) is 0 Å². The van der Waals surface area contributed by atoms with E-state index < -0.39 is 18.0 Å². The highest BCUT2D eigenvalue weighted by molar-refractivity contribution is 6.35. The molecule has 0 radical (unpaired) electrons. The van der Waals surface area contributed by atoms with Crippen molar-refractivity contribution in [3.05, 3.63) is 33.8 Å². The van der Waals surface area contributed by atoms with E-state index in [1.807, 2.05) is 0 Å². The van der Waals surface area contributed by atoms with Crippen molar-refractivity contribution in [2.24, 2.45) is 5.73 Å². The van der Waals surface area contributed by atoms with Gasteiger partial charge in [-0.1, -0.05) is 29.3 Å². The van der Waals surface area contributed by atoms with Crippen molar-refractivity contribution in [3.63, 3.8) is 0 Å². The molecule has 0 saturated heterocycles. The van der Waals surface area contributed by atoms with Gasteiger partial charge in [-0.3, -0.25) is 0 Å². The van der Waals surface area contributed by atoms with E-state index >= 15 is 0 Å². The molecule has 18 heavy (non-hydrogen) atoms. The van der Waals surface area contributed by atoms with Gasteiger partial charge < -0.3 is 15.8 Å². The standard InChI is InChI=1S/C11H12Cl2N2O3/c1-6(15-11(14)17)10(16)18-5-7-2-3-8(12)4-9(7)13/h2-4,6H,5H2,1H3,(H3,14,15,17)/t6-/m1/s1. The fourth-order valence-electron chi connectivity index (χ4n) is 1.18. The number of amides is 2. The molecule has 7 heteroatoms. The smallest absolute Gasteiger partial charge is 0.328 e. The number of hydrogen-bond donors (Lipinski definition) is 2. The summed E-state index contributed by atoms with van der Waals surface area (Å²) in [5, 5.41) is 3.12. The number of nitrogens with one attached hydrogen (secondary N) is 1. The number of urea groups is 1. The molecular weight excluding hydrogens is 279 g/mol. The molecule has 0 aliphatic rings. The average Bonchev–Trinajstić information content (AvgIpc) is 2.26. The van der Waals surface area contributed by atoms with E-state index in [4.69, 9.17) is 33.7 Å². The van der Waals surface area contributed by atoms with Crippen LogP contribution in [0, 0.1) is 0 Å². The van der Waals surface area contributed by atoms with Crippen LogP contribution in [0.1, 0.15) is 12.5 Å². The predicted molar refractivity (Wildman–Crippen MR) is 68.4 cm³/mol. The average molecular weight is 291 g/mol. The van der Waals surface area contributed by atoms with Crippen LogP contribution in [0.3, 0.4) is 0 Å². The molecule has 0 aliphatic heterocycles. The Morgan fingerprint density at radius 2 is 2.11 bits per heavy atom. The van der Waals surface area contributed by atoms with E-state index in [0.29, 0.717) is 15.6 Å². The number of ether oxygens (including phenoxy) is 1. The molecule has 0 aromatic heterocycles. The number of rotatable bonds is 4. The first kappa shape index (κ1) is 14.6. The Balaban J connectivity index is 2.54. The van der Waals surface area contributed by atoms with Crippen LogP contribution in [0.2, 0.25) is 10.0 Å². The highest BCUT2D eigenvalue weighted by Gasteiger charge is 2.16. The maximum Gasteiger partial charge on any atom is 0.328 e. The third-order valence-electron chi connectivity index (χ3n) is 2.10. The minimum Gasteiger partial charge on any atom is -0.459 e. The van der Waals surface area contributed by atoms with Crippen molar-refractivity contribution in [2.75, 3.05) is 0 Å². The van der Waals surface area contributed by atoms with Gasteiger partial charge >= 0.3 is 12.0 Å². The molecule has 1 atom stereocenters. The first-order valence-corrected chi connectivity index (χ1v) is 5.82. The highest BCUT2D eigenvalue weighted by Crippen LogP contribution is 2.21. The summed E-state index contributed by atoms with van der Waals surface area (Å²) in [7, 11) is 0. The molecule has 2 amide bonds. The number of nitrogens with two attached hydrogens (primary N) is 1. The highest BCUT2D eigenvalue weighted by atomic mass is 35.5. The van der Waals surface area contributed by atoms with Gasteiger partial charge in [0.05, 0.1) is 0 Å². The van der Waals surface area contributed by atoms with Crippen LogP contribution < -0.4 is 11.1 Å². The molecule has 5 nitrogen and oxygen atoms in total. The summed E-state index contributed by atoms with van der Waals surface area (Å²) < 4.78 is 4.97. The molecule has 0 aliphatic carbocycles. The molecule has 3 N–H and O–H groups in total. The number of benzene rings is 1. The van der Waals surface area contributed by atoms with Gasteiger partial charge in [0.2, 0.25) is 0 Å². The third-order valence-corrected chi connectivity index (χ3v) is 2.68. The molecule has 1 rings (SSSR count). The second-order valence-corrected chi connectivity index (χ2v) is 4.42. The van der Waals surface area contributed by atoms with Crippen LogP contribution >= 0.6 is 23.2 Å². The number of hydrogen-bond acceptors (Lipinski definition) is 3. The summed E-state index contributed by atoms with van der Waals surface area (Å²) in [6, 6.07) is 3.25. The van der Waals surface area contributed by atoms with Gasteiger partial charge in [-0.15, -0.1) is 0 Å². The minimum atomic E-state index is -0.812. The van der Waals surface area contributed by atoms with E-state index in [0.717, 1.165) is 0 Å². The second-order valence-electron chi connectivity index (χ2n) is 3.57. The Morgan fingerprint density at radius 3 is 2.67 bits per heavy atom. The Bertz CT molecular complexity index is 466. The van der Waals surface area contributed by atoms with Crippen LogP contribution in [0.4, 0.5) is 4.79 Å². The van der Waals surface area contributed by atoms with E-state index in [9.17, 15) is 9.59 Å². The lowest BCUT2D eigenvalue weighted by molar-refractivity contribution is -0.146.